The van der Waals surface area contributed by atoms with E-state index in [1.807, 2.05) is 54.0 Å². The topological polar surface area (TPSA) is 78.2 Å². The molecule has 0 spiro atoms. The first kappa shape index (κ1) is 19.0. The van der Waals surface area contributed by atoms with Crippen LogP contribution in [0.5, 0.6) is 0 Å². The summed E-state index contributed by atoms with van der Waals surface area (Å²) >= 11 is 1.63. The molecule has 3 heterocycles. The largest absolute Gasteiger partial charge is 0.345 e. The van der Waals surface area contributed by atoms with Gasteiger partial charge in [0.1, 0.15) is 5.82 Å². The molecule has 0 saturated carbocycles. The molecule has 0 fully saturated rings. The van der Waals surface area contributed by atoms with Gasteiger partial charge in [0.25, 0.3) is 0 Å². The minimum atomic E-state index is 0. The Morgan fingerprint density at radius 3 is 2.59 bits per heavy atom. The number of aromatic amines is 1. The highest BCUT2D eigenvalue weighted by molar-refractivity contribution is 8.93. The van der Waals surface area contributed by atoms with Gasteiger partial charge in [0.05, 0.1) is 28.0 Å². The number of thiazole rings is 1. The maximum absolute atomic E-state index is 8.86. The molecule has 1 aromatic carbocycles. The number of benzene rings is 1. The maximum Gasteiger partial charge on any atom is 0.110 e. The molecule has 5 nitrogen and oxygen atoms in total. The number of hydrogen-bond donors (Lipinski definition) is 1. The van der Waals surface area contributed by atoms with E-state index in [4.69, 9.17) is 5.26 Å². The summed E-state index contributed by atoms with van der Waals surface area (Å²) in [4.78, 5) is 16.8. The predicted molar refractivity (Wildman–Crippen MR) is 111 cm³/mol. The van der Waals surface area contributed by atoms with E-state index in [0.29, 0.717) is 12.0 Å². The molecule has 0 amide bonds. The van der Waals surface area contributed by atoms with Crippen LogP contribution in [0, 0.1) is 11.3 Å². The minimum Gasteiger partial charge on any atom is -0.345 e. The summed E-state index contributed by atoms with van der Waals surface area (Å²) in [7, 11) is 0. The lowest BCUT2D eigenvalue weighted by Gasteiger charge is -1.98. The Morgan fingerprint density at radius 2 is 1.85 bits per heavy atom. The number of halogens is 1. The van der Waals surface area contributed by atoms with Crippen LogP contribution in [0.2, 0.25) is 0 Å². The van der Waals surface area contributed by atoms with Gasteiger partial charge in [0.2, 0.25) is 0 Å². The summed E-state index contributed by atoms with van der Waals surface area (Å²) in [5.74, 6) is 0.909. The average molecular weight is 438 g/mol. The molecule has 7 heteroatoms. The average Bonchev–Trinajstić information content (AvgIpc) is 3.33. The van der Waals surface area contributed by atoms with Gasteiger partial charge < -0.3 is 4.98 Å². The van der Waals surface area contributed by atoms with E-state index >= 15 is 0 Å². The van der Waals surface area contributed by atoms with Crippen molar-refractivity contribution in [1.29, 1.82) is 5.26 Å². The van der Waals surface area contributed by atoms with E-state index in [1.54, 1.807) is 17.5 Å². The van der Waals surface area contributed by atoms with E-state index in [-0.39, 0.29) is 17.0 Å². The van der Waals surface area contributed by atoms with Crippen molar-refractivity contribution in [2.45, 2.75) is 12.8 Å². The van der Waals surface area contributed by atoms with E-state index in [9.17, 15) is 0 Å². The van der Waals surface area contributed by atoms with Crippen LogP contribution in [0.15, 0.2) is 60.2 Å². The van der Waals surface area contributed by atoms with Crippen LogP contribution < -0.4 is 0 Å². The van der Waals surface area contributed by atoms with Crippen LogP contribution >= 0.6 is 28.3 Å². The van der Waals surface area contributed by atoms with Crippen LogP contribution in [0.25, 0.3) is 11.4 Å². The number of H-pyrrole nitrogens is 1. The lowest BCUT2D eigenvalue weighted by Crippen LogP contribution is -1.93. The number of nitriles is 1. The van der Waals surface area contributed by atoms with Gasteiger partial charge in [-0.05, 0) is 29.8 Å². The van der Waals surface area contributed by atoms with Gasteiger partial charge >= 0.3 is 0 Å². The van der Waals surface area contributed by atoms with E-state index in [0.717, 1.165) is 39.9 Å². The Kier molecular flexibility index (Phi) is 6.12. The van der Waals surface area contributed by atoms with Gasteiger partial charge in [-0.3, -0.25) is 4.98 Å². The first-order valence-electron chi connectivity index (χ1n) is 8.18. The molecule has 0 bridgehead atoms. The lowest BCUT2D eigenvalue weighted by molar-refractivity contribution is 0.995. The van der Waals surface area contributed by atoms with Crippen molar-refractivity contribution >= 4 is 28.3 Å². The van der Waals surface area contributed by atoms with Crippen LogP contribution in [-0.4, -0.2) is 19.9 Å². The molecule has 1 N–H and O–H groups in total. The number of rotatable bonds is 5. The first-order valence-corrected chi connectivity index (χ1v) is 9.06. The monoisotopic (exact) mass is 437 g/mol. The molecule has 0 unspecified atom stereocenters. The minimum absolute atomic E-state index is 0. The van der Waals surface area contributed by atoms with Crippen molar-refractivity contribution in [2.75, 3.05) is 0 Å². The molecular formula is C20H16BrN5S. The van der Waals surface area contributed by atoms with Crippen molar-refractivity contribution in [3.8, 4) is 17.5 Å². The zero-order chi connectivity index (χ0) is 17.8. The normalized spacial score (nSPS) is 10.2. The third-order valence-electron chi connectivity index (χ3n) is 3.96. The zero-order valence-corrected chi connectivity index (χ0v) is 16.8. The second-order valence-corrected chi connectivity index (χ2v) is 6.80. The Balaban J connectivity index is 0.00000210. The van der Waals surface area contributed by atoms with Gasteiger partial charge in [-0.15, -0.1) is 28.3 Å². The van der Waals surface area contributed by atoms with Crippen molar-refractivity contribution in [3.63, 3.8) is 0 Å². The summed E-state index contributed by atoms with van der Waals surface area (Å²) in [6, 6.07) is 15.5. The Bertz CT molecular complexity index is 1050. The molecular weight excluding hydrogens is 422 g/mol. The van der Waals surface area contributed by atoms with E-state index in [1.165, 1.54) is 0 Å². The van der Waals surface area contributed by atoms with Gasteiger partial charge in [0.15, 0.2) is 0 Å². The summed E-state index contributed by atoms with van der Waals surface area (Å²) in [6.45, 7) is 0. The number of nitrogens with zero attached hydrogens (tertiary/aromatic N) is 4. The van der Waals surface area contributed by atoms with Crippen LogP contribution in [-0.2, 0) is 12.8 Å². The standard InChI is InChI=1S/C20H15N5S.BrH/c21-11-15-6-4-14(5-7-15)9-19-23-12-16(24-19)10-20-25-18(13-26-20)17-3-1-2-8-22-17;/h1-8,12-13H,9-10H2,(H,23,24);1H. The molecule has 134 valence electrons. The summed E-state index contributed by atoms with van der Waals surface area (Å²) < 4.78 is 0. The number of aromatic nitrogens is 4. The SMILES string of the molecule is Br.N#Cc1ccc(Cc2ncc(Cc3nc(-c4ccccn4)cs3)[nH]2)cc1. The Morgan fingerprint density at radius 1 is 1.00 bits per heavy atom. The van der Waals surface area contributed by atoms with Gasteiger partial charge in [-0.1, -0.05) is 18.2 Å². The quantitative estimate of drug-likeness (QED) is 0.496. The molecule has 0 aliphatic rings. The number of nitrogens with one attached hydrogen (secondary N) is 1. The first-order chi connectivity index (χ1) is 12.8. The fourth-order valence-corrected chi connectivity index (χ4v) is 3.47. The van der Waals surface area contributed by atoms with Crippen molar-refractivity contribution in [2.24, 2.45) is 0 Å². The molecule has 4 aromatic rings. The zero-order valence-electron chi connectivity index (χ0n) is 14.3. The molecule has 4 rings (SSSR count). The molecule has 0 radical (unpaired) electrons. The molecule has 0 saturated heterocycles. The van der Waals surface area contributed by atoms with Crippen LogP contribution in [0.1, 0.15) is 27.7 Å². The smallest absolute Gasteiger partial charge is 0.110 e. The number of imidazole rings is 1. The second kappa shape index (κ2) is 8.71. The van der Waals surface area contributed by atoms with Crippen LogP contribution in [0.4, 0.5) is 0 Å². The molecule has 3 aromatic heterocycles. The van der Waals surface area contributed by atoms with Crippen LogP contribution in [0.3, 0.4) is 0 Å². The fourth-order valence-electron chi connectivity index (χ4n) is 2.66. The predicted octanol–water partition coefficient (Wildman–Crippen LogP) is 4.56. The van der Waals surface area contributed by atoms with Crippen molar-refractivity contribution < 1.29 is 0 Å². The Hall–Kier alpha value is -2.82. The third kappa shape index (κ3) is 4.67. The van der Waals surface area contributed by atoms with Gasteiger partial charge in [-0.2, -0.15) is 5.26 Å². The number of hydrogen-bond acceptors (Lipinski definition) is 5. The highest BCUT2D eigenvalue weighted by Crippen LogP contribution is 2.21. The van der Waals surface area contributed by atoms with E-state index < -0.39 is 0 Å². The van der Waals surface area contributed by atoms with Crippen molar-refractivity contribution in [1.82, 2.24) is 19.9 Å². The van der Waals surface area contributed by atoms with Crippen molar-refractivity contribution in [3.05, 3.63) is 87.9 Å². The molecule has 27 heavy (non-hydrogen) atoms. The summed E-state index contributed by atoms with van der Waals surface area (Å²) in [6.07, 6.45) is 5.07. The molecule has 0 aliphatic carbocycles. The summed E-state index contributed by atoms with van der Waals surface area (Å²) in [5, 5.41) is 11.9. The van der Waals surface area contributed by atoms with Gasteiger partial charge in [0, 0.05) is 36.3 Å². The number of pyridine rings is 1. The lowest BCUT2D eigenvalue weighted by atomic mass is 10.1. The second-order valence-electron chi connectivity index (χ2n) is 5.86. The molecule has 0 atom stereocenters. The fraction of sp³-hybridized carbons (Fsp3) is 0.100. The summed E-state index contributed by atoms with van der Waals surface area (Å²) in [5.41, 5.74) is 4.62. The highest BCUT2D eigenvalue weighted by Gasteiger charge is 2.08. The highest BCUT2D eigenvalue weighted by atomic mass is 79.9. The van der Waals surface area contributed by atoms with E-state index in [2.05, 4.69) is 26.0 Å². The molecule has 0 aliphatic heterocycles. The van der Waals surface area contributed by atoms with Gasteiger partial charge in [-0.25, -0.2) is 9.97 Å². The Labute approximate surface area is 171 Å². The third-order valence-corrected chi connectivity index (χ3v) is 4.81. The maximum atomic E-state index is 8.86.